The van der Waals surface area contributed by atoms with E-state index in [1.165, 1.54) is 0 Å². The van der Waals surface area contributed by atoms with Gasteiger partial charge in [0, 0.05) is 38.6 Å². The van der Waals surface area contributed by atoms with Crippen molar-refractivity contribution in [2.45, 2.75) is 45.6 Å². The summed E-state index contributed by atoms with van der Waals surface area (Å²) < 4.78 is 0. The molecule has 0 aromatic rings. The molecule has 6 heteroatoms. The standard InChI is InChI=1S/C16H29N3O2.ClH/c1-4-12(2)15(20)19-9-5-6-13(11-19)16(21)18(3)14-7-8-17-10-14;/h12-14,17H,4-11H2,1-3H3;1H. The highest BCUT2D eigenvalue weighted by molar-refractivity contribution is 5.85. The summed E-state index contributed by atoms with van der Waals surface area (Å²) in [5, 5.41) is 3.30. The number of hydrogen-bond donors (Lipinski definition) is 1. The Bertz CT molecular complexity index is 386. The highest BCUT2D eigenvalue weighted by Crippen LogP contribution is 2.22. The predicted octanol–water partition coefficient (Wildman–Crippen LogP) is 1.51. The number of amides is 2. The van der Waals surface area contributed by atoms with Crippen LogP contribution in [0.1, 0.15) is 39.5 Å². The summed E-state index contributed by atoms with van der Waals surface area (Å²) >= 11 is 0. The molecule has 0 saturated carbocycles. The number of carbonyl (C=O) groups excluding carboxylic acids is 2. The van der Waals surface area contributed by atoms with Gasteiger partial charge in [-0.15, -0.1) is 12.4 Å². The molecular weight excluding hydrogens is 302 g/mol. The van der Waals surface area contributed by atoms with E-state index in [0.717, 1.165) is 45.3 Å². The van der Waals surface area contributed by atoms with Crippen LogP contribution in [-0.4, -0.2) is 60.9 Å². The Labute approximate surface area is 140 Å². The highest BCUT2D eigenvalue weighted by atomic mass is 35.5. The maximum absolute atomic E-state index is 12.7. The second kappa shape index (κ2) is 8.73. The number of likely N-dealkylation sites (tertiary alicyclic amines) is 1. The molecule has 2 aliphatic heterocycles. The zero-order valence-corrected chi connectivity index (χ0v) is 14.8. The van der Waals surface area contributed by atoms with Crippen LogP contribution in [0, 0.1) is 11.8 Å². The zero-order chi connectivity index (χ0) is 15.4. The van der Waals surface area contributed by atoms with Crippen molar-refractivity contribution >= 4 is 24.2 Å². The lowest BCUT2D eigenvalue weighted by Gasteiger charge is -2.36. The molecule has 128 valence electrons. The predicted molar refractivity (Wildman–Crippen MR) is 90.1 cm³/mol. The normalized spacial score (nSPS) is 26.2. The molecule has 5 nitrogen and oxygen atoms in total. The first-order valence-electron chi connectivity index (χ1n) is 8.30. The lowest BCUT2D eigenvalue weighted by atomic mass is 9.94. The molecule has 2 rings (SSSR count). The summed E-state index contributed by atoms with van der Waals surface area (Å²) in [6.45, 7) is 7.31. The monoisotopic (exact) mass is 331 g/mol. The molecule has 3 unspecified atom stereocenters. The SMILES string of the molecule is CCC(C)C(=O)N1CCCC(C(=O)N(C)C2CCNC2)C1.Cl. The van der Waals surface area contributed by atoms with E-state index in [4.69, 9.17) is 0 Å². The fourth-order valence-corrected chi connectivity index (χ4v) is 3.30. The van der Waals surface area contributed by atoms with Crippen molar-refractivity contribution in [1.82, 2.24) is 15.1 Å². The van der Waals surface area contributed by atoms with Crippen molar-refractivity contribution in [2.75, 3.05) is 33.2 Å². The summed E-state index contributed by atoms with van der Waals surface area (Å²) in [7, 11) is 1.91. The minimum atomic E-state index is -0.0163. The Kier molecular flexibility index (Phi) is 7.63. The highest BCUT2D eigenvalue weighted by Gasteiger charge is 2.33. The first-order chi connectivity index (χ1) is 10.0. The molecule has 0 aromatic heterocycles. The van der Waals surface area contributed by atoms with Gasteiger partial charge in [-0.1, -0.05) is 13.8 Å². The number of carbonyl (C=O) groups is 2. The lowest BCUT2D eigenvalue weighted by molar-refractivity contribution is -0.142. The summed E-state index contributed by atoms with van der Waals surface area (Å²) in [5.74, 6) is 0.471. The number of piperidine rings is 1. The van der Waals surface area contributed by atoms with Crippen LogP contribution < -0.4 is 5.32 Å². The maximum Gasteiger partial charge on any atom is 0.227 e. The molecule has 2 fully saturated rings. The number of hydrogen-bond acceptors (Lipinski definition) is 3. The third-order valence-corrected chi connectivity index (χ3v) is 5.05. The Morgan fingerprint density at radius 3 is 2.68 bits per heavy atom. The van der Waals surface area contributed by atoms with E-state index >= 15 is 0 Å². The molecule has 0 bridgehead atoms. The van der Waals surface area contributed by atoms with Gasteiger partial charge in [-0.3, -0.25) is 9.59 Å². The molecular formula is C16H30ClN3O2. The molecule has 22 heavy (non-hydrogen) atoms. The zero-order valence-electron chi connectivity index (χ0n) is 14.0. The number of nitrogens with one attached hydrogen (secondary N) is 1. The van der Waals surface area contributed by atoms with Crippen LogP contribution in [0.3, 0.4) is 0 Å². The molecule has 0 aromatic carbocycles. The maximum atomic E-state index is 12.7. The van der Waals surface area contributed by atoms with Gasteiger partial charge in [0.25, 0.3) is 0 Å². The van der Waals surface area contributed by atoms with Crippen molar-refractivity contribution in [1.29, 1.82) is 0 Å². The smallest absolute Gasteiger partial charge is 0.227 e. The van der Waals surface area contributed by atoms with Crippen molar-refractivity contribution in [3.05, 3.63) is 0 Å². The summed E-state index contributed by atoms with van der Waals surface area (Å²) in [5.41, 5.74) is 0. The largest absolute Gasteiger partial charge is 0.342 e. The number of nitrogens with zero attached hydrogens (tertiary/aromatic N) is 2. The molecule has 2 amide bonds. The number of halogens is 1. The average molecular weight is 332 g/mol. The van der Waals surface area contributed by atoms with Gasteiger partial charge in [0.05, 0.1) is 5.92 Å². The lowest BCUT2D eigenvalue weighted by Crippen LogP contribution is -2.49. The van der Waals surface area contributed by atoms with Gasteiger partial charge in [-0.2, -0.15) is 0 Å². The molecule has 1 N–H and O–H groups in total. The third-order valence-electron chi connectivity index (χ3n) is 5.05. The van der Waals surface area contributed by atoms with Gasteiger partial charge in [0.15, 0.2) is 0 Å². The minimum absolute atomic E-state index is 0. The molecule has 2 saturated heterocycles. The number of likely N-dealkylation sites (N-methyl/N-ethyl adjacent to an activating group) is 1. The van der Waals surface area contributed by atoms with Crippen molar-refractivity contribution < 1.29 is 9.59 Å². The van der Waals surface area contributed by atoms with Crippen LogP contribution in [0.15, 0.2) is 0 Å². The van der Waals surface area contributed by atoms with Gasteiger partial charge >= 0.3 is 0 Å². The first kappa shape index (κ1) is 19.2. The first-order valence-corrected chi connectivity index (χ1v) is 8.30. The van der Waals surface area contributed by atoms with Crippen LogP contribution >= 0.6 is 12.4 Å². The van der Waals surface area contributed by atoms with Crippen molar-refractivity contribution in [3.8, 4) is 0 Å². The summed E-state index contributed by atoms with van der Waals surface area (Å²) in [4.78, 5) is 28.8. The van der Waals surface area contributed by atoms with Gasteiger partial charge in [-0.05, 0) is 32.2 Å². The molecule has 3 atom stereocenters. The van der Waals surface area contributed by atoms with E-state index in [-0.39, 0.29) is 36.1 Å². The topological polar surface area (TPSA) is 52.7 Å². The van der Waals surface area contributed by atoms with Crippen LogP contribution in [0.4, 0.5) is 0 Å². The van der Waals surface area contributed by atoms with Crippen LogP contribution in [0.25, 0.3) is 0 Å². The quantitative estimate of drug-likeness (QED) is 0.849. The summed E-state index contributed by atoms with van der Waals surface area (Å²) in [6, 6.07) is 0.318. The van der Waals surface area contributed by atoms with E-state index < -0.39 is 0 Å². The van der Waals surface area contributed by atoms with Gasteiger partial charge in [0.2, 0.25) is 11.8 Å². The molecule has 2 heterocycles. The van der Waals surface area contributed by atoms with Gasteiger partial charge in [-0.25, -0.2) is 0 Å². The Balaban J connectivity index is 0.00000242. The van der Waals surface area contributed by atoms with E-state index in [0.29, 0.717) is 12.6 Å². The van der Waals surface area contributed by atoms with Crippen LogP contribution in [0.5, 0.6) is 0 Å². The molecule has 0 radical (unpaired) electrons. The Morgan fingerprint density at radius 1 is 1.36 bits per heavy atom. The van der Waals surface area contributed by atoms with Gasteiger partial charge in [0.1, 0.15) is 0 Å². The van der Waals surface area contributed by atoms with E-state index in [2.05, 4.69) is 5.32 Å². The minimum Gasteiger partial charge on any atom is -0.342 e. The number of rotatable bonds is 4. The third kappa shape index (κ3) is 4.35. The van der Waals surface area contributed by atoms with E-state index in [1.54, 1.807) is 0 Å². The van der Waals surface area contributed by atoms with E-state index in [9.17, 15) is 9.59 Å². The molecule has 0 aliphatic carbocycles. The fraction of sp³-hybridized carbons (Fsp3) is 0.875. The Morgan fingerprint density at radius 2 is 2.09 bits per heavy atom. The van der Waals surface area contributed by atoms with Crippen LogP contribution in [-0.2, 0) is 9.59 Å². The van der Waals surface area contributed by atoms with Crippen molar-refractivity contribution in [3.63, 3.8) is 0 Å². The van der Waals surface area contributed by atoms with E-state index in [1.807, 2.05) is 30.7 Å². The van der Waals surface area contributed by atoms with Gasteiger partial charge < -0.3 is 15.1 Å². The Hall–Kier alpha value is -0.810. The summed E-state index contributed by atoms with van der Waals surface area (Å²) in [6.07, 6.45) is 3.75. The molecule has 2 aliphatic rings. The van der Waals surface area contributed by atoms with Crippen molar-refractivity contribution in [2.24, 2.45) is 11.8 Å². The second-order valence-corrected chi connectivity index (χ2v) is 6.53. The average Bonchev–Trinajstić information content (AvgIpc) is 3.06. The molecule has 0 spiro atoms. The van der Waals surface area contributed by atoms with Crippen LogP contribution in [0.2, 0.25) is 0 Å². The second-order valence-electron chi connectivity index (χ2n) is 6.53. The fourth-order valence-electron chi connectivity index (χ4n) is 3.30.